The van der Waals surface area contributed by atoms with Crippen molar-refractivity contribution in [3.8, 4) is 17.2 Å². The van der Waals surface area contributed by atoms with Gasteiger partial charge in [-0.25, -0.2) is 8.42 Å². The molecule has 7 nitrogen and oxygen atoms in total. The first kappa shape index (κ1) is 22.7. The predicted octanol–water partition coefficient (Wildman–Crippen LogP) is 4.76. The number of nitrogens with one attached hydrogen (secondary N) is 1. The SMILES string of the molecule is CCc1cc(C(=O)Nc2cc(S(=O)(=O)c3ccc(Cl)cc3)ccc2Cl)c(O)c(O)c1O. The normalized spacial score (nSPS) is 11.3. The molecule has 162 valence electrons. The minimum absolute atomic E-state index is 0.00480. The minimum Gasteiger partial charge on any atom is -0.504 e. The highest BCUT2D eigenvalue weighted by Crippen LogP contribution is 2.41. The van der Waals surface area contributed by atoms with Crippen LogP contribution in [0.2, 0.25) is 10.0 Å². The Kier molecular flexibility index (Phi) is 6.35. The fourth-order valence-corrected chi connectivity index (χ4v) is 4.43. The highest BCUT2D eigenvalue weighted by molar-refractivity contribution is 7.91. The molecule has 1 amide bonds. The first-order chi connectivity index (χ1) is 14.6. The number of rotatable bonds is 5. The molecule has 0 aromatic heterocycles. The van der Waals surface area contributed by atoms with E-state index in [2.05, 4.69) is 5.32 Å². The number of aryl methyl sites for hydroxylation is 1. The van der Waals surface area contributed by atoms with Gasteiger partial charge in [0.25, 0.3) is 5.91 Å². The number of carbonyl (C=O) groups excluding carboxylic acids is 1. The second-order valence-corrected chi connectivity index (χ2v) is 9.33. The summed E-state index contributed by atoms with van der Waals surface area (Å²) in [6.45, 7) is 1.69. The van der Waals surface area contributed by atoms with Gasteiger partial charge in [0.15, 0.2) is 11.5 Å². The number of aromatic hydroxyl groups is 3. The van der Waals surface area contributed by atoms with Crippen molar-refractivity contribution in [2.45, 2.75) is 23.1 Å². The third-order valence-electron chi connectivity index (χ3n) is 4.57. The maximum Gasteiger partial charge on any atom is 0.259 e. The summed E-state index contributed by atoms with van der Waals surface area (Å²) in [5.74, 6) is -3.01. The average molecular weight is 482 g/mol. The predicted molar refractivity (Wildman–Crippen MR) is 117 cm³/mol. The molecule has 0 saturated heterocycles. The number of phenolic OH excluding ortho intramolecular Hbond substituents is 3. The first-order valence-corrected chi connectivity index (χ1v) is 11.2. The van der Waals surface area contributed by atoms with E-state index < -0.39 is 33.0 Å². The van der Waals surface area contributed by atoms with Crippen molar-refractivity contribution in [2.75, 3.05) is 5.32 Å². The Morgan fingerprint density at radius 2 is 1.52 bits per heavy atom. The van der Waals surface area contributed by atoms with Crippen molar-refractivity contribution in [1.82, 2.24) is 0 Å². The standard InChI is InChI=1S/C21H17Cl2NO6S/c1-2-11-9-15(19(26)20(27)18(11)25)21(28)24-17-10-14(7-8-16(17)23)31(29,30)13-5-3-12(22)4-6-13/h3-10,25-27H,2H2,1H3,(H,24,28). The van der Waals surface area contributed by atoms with Crippen LogP contribution >= 0.6 is 23.2 Å². The summed E-state index contributed by atoms with van der Waals surface area (Å²) >= 11 is 11.9. The van der Waals surface area contributed by atoms with E-state index in [0.717, 1.165) is 0 Å². The van der Waals surface area contributed by atoms with Crippen LogP contribution in [0, 0.1) is 0 Å². The lowest BCUT2D eigenvalue weighted by Crippen LogP contribution is -2.14. The molecular weight excluding hydrogens is 465 g/mol. The van der Waals surface area contributed by atoms with Crippen molar-refractivity contribution in [2.24, 2.45) is 0 Å². The van der Waals surface area contributed by atoms with Gasteiger partial charge in [-0.2, -0.15) is 0 Å². The van der Waals surface area contributed by atoms with E-state index in [1.165, 1.54) is 48.5 Å². The van der Waals surface area contributed by atoms with E-state index >= 15 is 0 Å². The minimum atomic E-state index is -3.92. The van der Waals surface area contributed by atoms with Crippen LogP contribution in [-0.4, -0.2) is 29.6 Å². The summed E-state index contributed by atoms with van der Waals surface area (Å²) in [5, 5.41) is 32.6. The molecule has 0 aliphatic carbocycles. The van der Waals surface area contributed by atoms with Crippen molar-refractivity contribution >= 4 is 44.6 Å². The number of carbonyl (C=O) groups is 1. The third-order valence-corrected chi connectivity index (χ3v) is 6.92. The van der Waals surface area contributed by atoms with Crippen LogP contribution in [-0.2, 0) is 16.3 Å². The number of halogens is 2. The molecule has 0 bridgehead atoms. The molecule has 0 heterocycles. The molecule has 0 aliphatic heterocycles. The highest BCUT2D eigenvalue weighted by atomic mass is 35.5. The molecule has 0 spiro atoms. The average Bonchev–Trinajstić information content (AvgIpc) is 2.74. The van der Waals surface area contributed by atoms with Crippen molar-refractivity contribution in [1.29, 1.82) is 0 Å². The molecule has 0 radical (unpaired) electrons. The van der Waals surface area contributed by atoms with Crippen molar-refractivity contribution < 1.29 is 28.5 Å². The quantitative estimate of drug-likeness (QED) is 0.389. The van der Waals surface area contributed by atoms with Crippen LogP contribution in [0.15, 0.2) is 58.3 Å². The van der Waals surface area contributed by atoms with Crippen molar-refractivity contribution in [3.05, 3.63) is 69.7 Å². The second kappa shape index (κ2) is 8.66. The summed E-state index contributed by atoms with van der Waals surface area (Å²) in [6.07, 6.45) is 0.287. The number of anilines is 1. The van der Waals surface area contributed by atoms with Crippen LogP contribution < -0.4 is 5.32 Å². The summed E-state index contributed by atoms with van der Waals surface area (Å²) in [5.41, 5.74) is -0.0912. The van der Waals surface area contributed by atoms with Crippen LogP contribution in [0.25, 0.3) is 0 Å². The van der Waals surface area contributed by atoms with Crippen LogP contribution in [0.3, 0.4) is 0 Å². The lowest BCUT2D eigenvalue weighted by molar-refractivity contribution is 0.102. The fourth-order valence-electron chi connectivity index (χ4n) is 2.85. The van der Waals surface area contributed by atoms with Crippen LogP contribution in [0.4, 0.5) is 5.69 Å². The maximum absolute atomic E-state index is 12.9. The molecule has 10 heteroatoms. The topological polar surface area (TPSA) is 124 Å². The Hall–Kier alpha value is -2.94. The number of hydrogen-bond acceptors (Lipinski definition) is 6. The van der Waals surface area contributed by atoms with E-state index in [4.69, 9.17) is 23.2 Å². The zero-order valence-corrected chi connectivity index (χ0v) is 18.4. The molecule has 0 unspecified atom stereocenters. The summed E-state index contributed by atoms with van der Waals surface area (Å²) in [4.78, 5) is 12.6. The summed E-state index contributed by atoms with van der Waals surface area (Å²) in [6, 6.07) is 10.6. The molecule has 0 saturated carbocycles. The maximum atomic E-state index is 12.9. The van der Waals surface area contributed by atoms with Gasteiger partial charge >= 0.3 is 0 Å². The number of benzene rings is 3. The van der Waals surface area contributed by atoms with Gasteiger partial charge in [0.1, 0.15) is 0 Å². The lowest BCUT2D eigenvalue weighted by atomic mass is 10.0. The molecule has 31 heavy (non-hydrogen) atoms. The van der Waals surface area contributed by atoms with Crippen molar-refractivity contribution in [3.63, 3.8) is 0 Å². The first-order valence-electron chi connectivity index (χ1n) is 8.94. The lowest BCUT2D eigenvalue weighted by Gasteiger charge is -2.13. The summed E-state index contributed by atoms with van der Waals surface area (Å²) < 4.78 is 25.8. The number of sulfone groups is 1. The van der Waals surface area contributed by atoms with E-state index in [0.29, 0.717) is 5.02 Å². The van der Waals surface area contributed by atoms with Crippen LogP contribution in [0.5, 0.6) is 17.2 Å². The Bertz CT molecular complexity index is 1270. The Balaban J connectivity index is 1.99. The van der Waals surface area contributed by atoms with E-state index in [1.807, 2.05) is 0 Å². The third kappa shape index (κ3) is 4.41. The van der Waals surface area contributed by atoms with Gasteiger partial charge in [-0.15, -0.1) is 0 Å². The molecule has 0 atom stereocenters. The van der Waals surface area contributed by atoms with E-state index in [1.54, 1.807) is 6.92 Å². The largest absolute Gasteiger partial charge is 0.504 e. The van der Waals surface area contributed by atoms with Gasteiger partial charge < -0.3 is 20.6 Å². The van der Waals surface area contributed by atoms with Gasteiger partial charge in [0, 0.05) is 5.02 Å². The second-order valence-electron chi connectivity index (χ2n) is 6.54. The van der Waals surface area contributed by atoms with Gasteiger partial charge in [0.05, 0.1) is 26.1 Å². The zero-order chi connectivity index (χ0) is 22.9. The van der Waals surface area contributed by atoms with Crippen LogP contribution in [0.1, 0.15) is 22.8 Å². The molecule has 3 rings (SSSR count). The molecule has 4 N–H and O–H groups in total. The number of amides is 1. The smallest absolute Gasteiger partial charge is 0.259 e. The van der Waals surface area contributed by atoms with Gasteiger partial charge in [-0.05, 0) is 60.5 Å². The zero-order valence-electron chi connectivity index (χ0n) is 16.1. The van der Waals surface area contributed by atoms with Gasteiger partial charge in [-0.3, -0.25) is 4.79 Å². The molecule has 0 aliphatic rings. The number of phenols is 3. The van der Waals surface area contributed by atoms with Gasteiger partial charge in [0.2, 0.25) is 15.6 Å². The Morgan fingerprint density at radius 3 is 2.13 bits per heavy atom. The molecule has 3 aromatic carbocycles. The fraction of sp³-hybridized carbons (Fsp3) is 0.0952. The summed E-state index contributed by atoms with van der Waals surface area (Å²) in [7, 11) is -3.92. The Labute approximate surface area is 188 Å². The molecule has 0 fully saturated rings. The van der Waals surface area contributed by atoms with Gasteiger partial charge in [-0.1, -0.05) is 30.1 Å². The highest BCUT2D eigenvalue weighted by Gasteiger charge is 2.23. The molecular formula is C21H17Cl2NO6S. The Morgan fingerprint density at radius 1 is 0.903 bits per heavy atom. The number of hydrogen-bond donors (Lipinski definition) is 4. The molecule has 3 aromatic rings. The van der Waals surface area contributed by atoms with E-state index in [9.17, 15) is 28.5 Å². The van der Waals surface area contributed by atoms with E-state index in [-0.39, 0.29) is 38.0 Å². The monoisotopic (exact) mass is 481 g/mol.